The molecule has 0 aliphatic rings. The lowest BCUT2D eigenvalue weighted by atomic mass is 10.2. The zero-order valence-corrected chi connectivity index (χ0v) is 11.4. The summed E-state index contributed by atoms with van der Waals surface area (Å²) in [7, 11) is 1.94. The van der Waals surface area contributed by atoms with Crippen molar-refractivity contribution < 1.29 is 9.90 Å². The first-order chi connectivity index (χ1) is 8.59. The van der Waals surface area contributed by atoms with Crippen molar-refractivity contribution in [3.63, 3.8) is 0 Å². The lowest BCUT2D eigenvalue weighted by Crippen LogP contribution is -2.10. The van der Waals surface area contributed by atoms with E-state index < -0.39 is 5.97 Å². The molecule has 0 saturated heterocycles. The van der Waals surface area contributed by atoms with Crippen LogP contribution in [0.1, 0.15) is 10.4 Å². The summed E-state index contributed by atoms with van der Waals surface area (Å²) in [4.78, 5) is 12.8. The van der Waals surface area contributed by atoms with Crippen molar-refractivity contribution in [1.82, 2.24) is 0 Å². The predicted octanol–water partition coefficient (Wildman–Crippen LogP) is 3.92. The third kappa shape index (κ3) is 2.54. The molecule has 0 amide bonds. The van der Waals surface area contributed by atoms with E-state index in [0.717, 1.165) is 15.8 Å². The van der Waals surface area contributed by atoms with Crippen LogP contribution in [0.3, 0.4) is 0 Å². The summed E-state index contributed by atoms with van der Waals surface area (Å²) in [6.07, 6.45) is 0. The Balaban J connectivity index is 2.32. The summed E-state index contributed by atoms with van der Waals surface area (Å²) < 4.78 is 0.995. The maximum atomic E-state index is 10.8. The van der Waals surface area contributed by atoms with Gasteiger partial charge in [-0.25, -0.2) is 4.79 Å². The number of carboxylic acids is 1. The van der Waals surface area contributed by atoms with E-state index in [0.29, 0.717) is 5.56 Å². The molecule has 2 aromatic carbocycles. The van der Waals surface area contributed by atoms with Crippen molar-refractivity contribution in [2.75, 3.05) is 11.9 Å². The molecule has 0 saturated carbocycles. The number of para-hydroxylation sites is 1. The number of hydrogen-bond acceptors (Lipinski definition) is 2. The molecule has 0 aliphatic heterocycles. The molecule has 0 radical (unpaired) electrons. The van der Waals surface area contributed by atoms with E-state index >= 15 is 0 Å². The van der Waals surface area contributed by atoms with Gasteiger partial charge < -0.3 is 10.0 Å². The number of carbonyl (C=O) groups is 1. The minimum atomic E-state index is -0.912. The second kappa shape index (κ2) is 5.23. The van der Waals surface area contributed by atoms with Gasteiger partial charge in [-0.1, -0.05) is 12.1 Å². The number of aromatic carboxylic acids is 1. The zero-order chi connectivity index (χ0) is 13.1. The first-order valence-corrected chi connectivity index (χ1v) is 6.20. The fourth-order valence-corrected chi connectivity index (χ4v) is 2.24. The first kappa shape index (κ1) is 12.6. The quantitative estimate of drug-likeness (QED) is 0.934. The van der Waals surface area contributed by atoms with Crippen molar-refractivity contribution in [2.24, 2.45) is 0 Å². The van der Waals surface area contributed by atoms with Gasteiger partial charge >= 0.3 is 5.97 Å². The molecular formula is C14H12BrNO2. The Morgan fingerprint density at radius 3 is 2.28 bits per heavy atom. The molecule has 18 heavy (non-hydrogen) atoms. The molecule has 0 aromatic heterocycles. The van der Waals surface area contributed by atoms with E-state index in [-0.39, 0.29) is 0 Å². The molecule has 0 heterocycles. The average Bonchev–Trinajstić information content (AvgIpc) is 2.38. The van der Waals surface area contributed by atoms with Crippen LogP contribution in [-0.2, 0) is 0 Å². The van der Waals surface area contributed by atoms with Gasteiger partial charge in [-0.2, -0.15) is 0 Å². The number of rotatable bonds is 3. The van der Waals surface area contributed by atoms with Crippen LogP contribution < -0.4 is 4.90 Å². The molecule has 4 heteroatoms. The van der Waals surface area contributed by atoms with Crippen LogP contribution in [0.25, 0.3) is 0 Å². The number of anilines is 2. The highest BCUT2D eigenvalue weighted by Crippen LogP contribution is 2.30. The van der Waals surface area contributed by atoms with Crippen LogP contribution in [0.2, 0.25) is 0 Å². The van der Waals surface area contributed by atoms with Crippen molar-refractivity contribution in [1.29, 1.82) is 0 Å². The van der Waals surface area contributed by atoms with Crippen molar-refractivity contribution >= 4 is 33.3 Å². The largest absolute Gasteiger partial charge is 0.478 e. The molecule has 0 bridgehead atoms. The molecule has 2 aromatic rings. The second-order valence-electron chi connectivity index (χ2n) is 3.86. The monoisotopic (exact) mass is 305 g/mol. The van der Waals surface area contributed by atoms with Gasteiger partial charge in [0.1, 0.15) is 0 Å². The summed E-state index contributed by atoms with van der Waals surface area (Å²) in [5, 5.41) is 8.85. The molecule has 0 unspecified atom stereocenters. The van der Waals surface area contributed by atoms with Gasteiger partial charge in [0.15, 0.2) is 0 Å². The molecule has 1 N–H and O–H groups in total. The molecule has 0 fully saturated rings. The minimum absolute atomic E-state index is 0.291. The Kier molecular flexibility index (Phi) is 3.67. The van der Waals surface area contributed by atoms with E-state index in [1.54, 1.807) is 24.3 Å². The average molecular weight is 306 g/mol. The van der Waals surface area contributed by atoms with Crippen LogP contribution in [-0.4, -0.2) is 18.1 Å². The molecule has 0 aliphatic carbocycles. The molecule has 3 nitrogen and oxygen atoms in total. The van der Waals surface area contributed by atoms with Gasteiger partial charge in [0, 0.05) is 17.2 Å². The van der Waals surface area contributed by atoms with Crippen molar-refractivity contribution in [3.8, 4) is 0 Å². The Morgan fingerprint density at radius 2 is 1.72 bits per heavy atom. The van der Waals surface area contributed by atoms with Crippen LogP contribution in [0, 0.1) is 0 Å². The Hall–Kier alpha value is -1.81. The van der Waals surface area contributed by atoms with Gasteiger partial charge in [0.2, 0.25) is 0 Å². The summed E-state index contributed by atoms with van der Waals surface area (Å²) in [6.45, 7) is 0. The number of nitrogens with zero attached hydrogens (tertiary/aromatic N) is 1. The SMILES string of the molecule is CN(c1ccc(C(=O)O)cc1)c1ccccc1Br. The number of benzene rings is 2. The number of halogens is 1. The predicted molar refractivity (Wildman–Crippen MR) is 75.6 cm³/mol. The Labute approximate surface area is 114 Å². The van der Waals surface area contributed by atoms with Crippen LogP contribution in [0.4, 0.5) is 11.4 Å². The fraction of sp³-hybridized carbons (Fsp3) is 0.0714. The van der Waals surface area contributed by atoms with E-state index in [1.165, 1.54) is 0 Å². The smallest absolute Gasteiger partial charge is 0.335 e. The maximum absolute atomic E-state index is 10.8. The lowest BCUT2D eigenvalue weighted by molar-refractivity contribution is 0.0697. The highest BCUT2D eigenvalue weighted by molar-refractivity contribution is 9.10. The fourth-order valence-electron chi connectivity index (χ4n) is 1.69. The highest BCUT2D eigenvalue weighted by atomic mass is 79.9. The third-order valence-electron chi connectivity index (χ3n) is 2.72. The van der Waals surface area contributed by atoms with Crippen molar-refractivity contribution in [3.05, 3.63) is 58.6 Å². The minimum Gasteiger partial charge on any atom is -0.478 e. The Morgan fingerprint density at radius 1 is 1.11 bits per heavy atom. The Bertz CT molecular complexity index is 566. The zero-order valence-electron chi connectivity index (χ0n) is 9.80. The van der Waals surface area contributed by atoms with E-state index in [1.807, 2.05) is 36.2 Å². The standard InChI is InChI=1S/C14H12BrNO2/c1-16(13-5-3-2-4-12(13)15)11-8-6-10(7-9-11)14(17)18/h2-9H,1H3,(H,17,18). The van der Waals surface area contributed by atoms with Crippen molar-refractivity contribution in [2.45, 2.75) is 0 Å². The number of hydrogen-bond donors (Lipinski definition) is 1. The highest BCUT2D eigenvalue weighted by Gasteiger charge is 2.08. The second-order valence-corrected chi connectivity index (χ2v) is 4.72. The van der Waals surface area contributed by atoms with Crippen LogP contribution in [0.5, 0.6) is 0 Å². The number of carboxylic acid groups (broad SMARTS) is 1. The van der Waals surface area contributed by atoms with Gasteiger partial charge in [-0.05, 0) is 52.3 Å². The summed E-state index contributed by atoms with van der Waals surface area (Å²) in [5.74, 6) is -0.912. The summed E-state index contributed by atoms with van der Waals surface area (Å²) in [6, 6.07) is 14.7. The third-order valence-corrected chi connectivity index (χ3v) is 3.39. The van der Waals surface area contributed by atoms with Gasteiger partial charge in [-0.15, -0.1) is 0 Å². The lowest BCUT2D eigenvalue weighted by Gasteiger charge is -2.20. The molecular weight excluding hydrogens is 294 g/mol. The topological polar surface area (TPSA) is 40.5 Å². The van der Waals surface area contributed by atoms with Gasteiger partial charge in [0.05, 0.1) is 11.3 Å². The first-order valence-electron chi connectivity index (χ1n) is 5.41. The molecule has 92 valence electrons. The normalized spacial score (nSPS) is 10.1. The van der Waals surface area contributed by atoms with Crippen LogP contribution in [0.15, 0.2) is 53.0 Å². The maximum Gasteiger partial charge on any atom is 0.335 e. The summed E-state index contributed by atoms with van der Waals surface area (Å²) >= 11 is 3.50. The van der Waals surface area contributed by atoms with Gasteiger partial charge in [-0.3, -0.25) is 0 Å². The van der Waals surface area contributed by atoms with E-state index in [2.05, 4.69) is 15.9 Å². The van der Waals surface area contributed by atoms with Gasteiger partial charge in [0.25, 0.3) is 0 Å². The van der Waals surface area contributed by atoms with Crippen LogP contribution >= 0.6 is 15.9 Å². The molecule has 2 rings (SSSR count). The summed E-state index contributed by atoms with van der Waals surface area (Å²) in [5.41, 5.74) is 2.26. The van der Waals surface area contributed by atoms with E-state index in [9.17, 15) is 4.79 Å². The van der Waals surface area contributed by atoms with E-state index in [4.69, 9.17) is 5.11 Å². The molecule has 0 atom stereocenters. The molecule has 0 spiro atoms.